The van der Waals surface area contributed by atoms with Gasteiger partial charge < -0.3 is 10.2 Å². The summed E-state index contributed by atoms with van der Waals surface area (Å²) in [5, 5.41) is 3.26. The Hall–Kier alpha value is -1.32. The first-order valence-corrected chi connectivity index (χ1v) is 6.10. The minimum Gasteiger partial charge on any atom is -0.345 e. The molecule has 1 rings (SSSR count). The molecule has 0 aliphatic rings. The fourth-order valence-corrected chi connectivity index (χ4v) is 1.25. The van der Waals surface area contributed by atoms with E-state index < -0.39 is 0 Å². The molecular formula is C15H25ClN2O. The number of nitrogens with one attached hydrogen (secondary N) is 1. The SMILES string of the molecule is C=C(C)C(=O)N(C)C.CCNCc1ccccc1.Cl. The van der Waals surface area contributed by atoms with Crippen molar-refractivity contribution in [1.29, 1.82) is 0 Å². The molecule has 108 valence electrons. The van der Waals surface area contributed by atoms with E-state index in [1.165, 1.54) is 10.5 Å². The van der Waals surface area contributed by atoms with Gasteiger partial charge in [0.15, 0.2) is 0 Å². The van der Waals surface area contributed by atoms with Gasteiger partial charge in [-0.2, -0.15) is 0 Å². The Morgan fingerprint density at radius 1 is 1.26 bits per heavy atom. The van der Waals surface area contributed by atoms with Crippen LogP contribution in [0.1, 0.15) is 19.4 Å². The molecule has 19 heavy (non-hydrogen) atoms. The van der Waals surface area contributed by atoms with Crippen molar-refractivity contribution in [2.45, 2.75) is 20.4 Å². The van der Waals surface area contributed by atoms with E-state index in [4.69, 9.17) is 0 Å². The van der Waals surface area contributed by atoms with Gasteiger partial charge in [-0.1, -0.05) is 43.8 Å². The molecule has 0 fully saturated rings. The monoisotopic (exact) mass is 284 g/mol. The van der Waals surface area contributed by atoms with E-state index in [1.54, 1.807) is 21.0 Å². The first-order valence-electron chi connectivity index (χ1n) is 6.10. The molecule has 0 aliphatic carbocycles. The molecule has 1 amide bonds. The second kappa shape index (κ2) is 11.8. The summed E-state index contributed by atoms with van der Waals surface area (Å²) in [6, 6.07) is 10.4. The fourth-order valence-electron chi connectivity index (χ4n) is 1.25. The number of carbonyl (C=O) groups excluding carboxylic acids is 1. The highest BCUT2D eigenvalue weighted by atomic mass is 35.5. The molecule has 0 aliphatic heterocycles. The standard InChI is InChI=1S/C9H13N.C6H11NO.ClH/c1-2-10-8-9-6-4-3-5-7-9;1-5(2)6(8)7(3)4;/h3-7,10H,2,8H2,1H3;1H2,2-4H3;1H. The van der Waals surface area contributed by atoms with Gasteiger partial charge in [0.05, 0.1) is 0 Å². The van der Waals surface area contributed by atoms with E-state index in [0.717, 1.165) is 13.1 Å². The maximum Gasteiger partial charge on any atom is 0.248 e. The van der Waals surface area contributed by atoms with Crippen molar-refractivity contribution in [3.05, 3.63) is 48.0 Å². The van der Waals surface area contributed by atoms with Crippen molar-refractivity contribution in [3.63, 3.8) is 0 Å². The Morgan fingerprint density at radius 3 is 2.11 bits per heavy atom. The lowest BCUT2D eigenvalue weighted by Crippen LogP contribution is -2.21. The first-order chi connectivity index (χ1) is 8.49. The molecule has 0 saturated heterocycles. The lowest BCUT2D eigenvalue weighted by molar-refractivity contribution is -0.124. The molecular weight excluding hydrogens is 260 g/mol. The summed E-state index contributed by atoms with van der Waals surface area (Å²) in [7, 11) is 3.41. The molecule has 3 nitrogen and oxygen atoms in total. The molecule has 0 bridgehead atoms. The minimum atomic E-state index is -0.00926. The molecule has 1 aromatic rings. The van der Waals surface area contributed by atoms with Crippen LogP contribution in [0.25, 0.3) is 0 Å². The molecule has 0 spiro atoms. The Kier molecular flexibility index (Phi) is 12.4. The normalized spacial score (nSPS) is 8.63. The minimum absolute atomic E-state index is 0. The molecule has 1 aromatic carbocycles. The van der Waals surface area contributed by atoms with Crippen LogP contribution in [-0.2, 0) is 11.3 Å². The number of halogens is 1. The third-order valence-electron chi connectivity index (χ3n) is 2.19. The van der Waals surface area contributed by atoms with Crippen LogP contribution in [0.4, 0.5) is 0 Å². The summed E-state index contributed by atoms with van der Waals surface area (Å²) in [5.74, 6) is -0.00926. The van der Waals surface area contributed by atoms with Crippen molar-refractivity contribution in [2.75, 3.05) is 20.6 Å². The van der Waals surface area contributed by atoms with E-state index in [-0.39, 0.29) is 18.3 Å². The Balaban J connectivity index is 0. The summed E-state index contributed by atoms with van der Waals surface area (Å²) in [4.78, 5) is 12.2. The van der Waals surface area contributed by atoms with Crippen LogP contribution in [0.15, 0.2) is 42.5 Å². The first kappa shape index (κ1) is 20.0. The average molecular weight is 285 g/mol. The van der Waals surface area contributed by atoms with Gasteiger partial charge in [0.1, 0.15) is 0 Å². The Bertz CT molecular complexity index is 364. The van der Waals surface area contributed by atoms with E-state index in [0.29, 0.717) is 5.57 Å². The molecule has 4 heteroatoms. The van der Waals surface area contributed by atoms with Gasteiger partial charge in [-0.15, -0.1) is 12.4 Å². The summed E-state index contributed by atoms with van der Waals surface area (Å²) >= 11 is 0. The Morgan fingerprint density at radius 2 is 1.79 bits per heavy atom. The lowest BCUT2D eigenvalue weighted by atomic mass is 10.2. The number of hydrogen-bond donors (Lipinski definition) is 1. The highest BCUT2D eigenvalue weighted by Crippen LogP contribution is 1.96. The molecule has 0 aromatic heterocycles. The largest absolute Gasteiger partial charge is 0.345 e. The van der Waals surface area contributed by atoms with Gasteiger partial charge >= 0.3 is 0 Å². The smallest absolute Gasteiger partial charge is 0.248 e. The van der Waals surface area contributed by atoms with Crippen molar-refractivity contribution in [1.82, 2.24) is 10.2 Å². The van der Waals surface area contributed by atoms with Crippen LogP contribution < -0.4 is 5.32 Å². The zero-order valence-corrected chi connectivity index (χ0v) is 13.1. The summed E-state index contributed by atoms with van der Waals surface area (Å²) in [6.45, 7) is 9.32. The van der Waals surface area contributed by atoms with E-state index >= 15 is 0 Å². The van der Waals surface area contributed by atoms with Crippen molar-refractivity contribution < 1.29 is 4.79 Å². The van der Waals surface area contributed by atoms with Gasteiger partial charge in [0, 0.05) is 26.2 Å². The topological polar surface area (TPSA) is 32.3 Å². The van der Waals surface area contributed by atoms with Crippen LogP contribution in [0.5, 0.6) is 0 Å². The number of carbonyl (C=O) groups is 1. The van der Waals surface area contributed by atoms with Crippen molar-refractivity contribution >= 4 is 18.3 Å². The third-order valence-corrected chi connectivity index (χ3v) is 2.19. The number of hydrogen-bond acceptors (Lipinski definition) is 2. The third kappa shape index (κ3) is 10.3. The highest BCUT2D eigenvalue weighted by molar-refractivity contribution is 5.91. The van der Waals surface area contributed by atoms with Gasteiger partial charge in [-0.05, 0) is 19.0 Å². The molecule has 0 heterocycles. The van der Waals surface area contributed by atoms with Gasteiger partial charge in [-0.3, -0.25) is 4.79 Å². The summed E-state index contributed by atoms with van der Waals surface area (Å²) < 4.78 is 0. The number of rotatable bonds is 4. The van der Waals surface area contributed by atoms with Crippen molar-refractivity contribution in [2.24, 2.45) is 0 Å². The van der Waals surface area contributed by atoms with E-state index in [9.17, 15) is 4.79 Å². The molecule has 0 radical (unpaired) electrons. The number of benzene rings is 1. The fraction of sp³-hybridized carbons (Fsp3) is 0.400. The molecule has 0 unspecified atom stereocenters. The van der Waals surface area contributed by atoms with Crippen molar-refractivity contribution in [3.8, 4) is 0 Å². The van der Waals surface area contributed by atoms with E-state index in [2.05, 4.69) is 43.1 Å². The molecule has 0 saturated carbocycles. The second-order valence-corrected chi connectivity index (χ2v) is 4.25. The number of amides is 1. The van der Waals surface area contributed by atoms with Crippen LogP contribution in [-0.4, -0.2) is 31.4 Å². The number of likely N-dealkylation sites (N-methyl/N-ethyl adjacent to an activating group) is 1. The Labute approximate surface area is 123 Å². The molecule has 1 N–H and O–H groups in total. The second-order valence-electron chi connectivity index (χ2n) is 4.25. The lowest BCUT2D eigenvalue weighted by Gasteiger charge is -2.07. The van der Waals surface area contributed by atoms with Crippen LogP contribution in [0, 0.1) is 0 Å². The summed E-state index contributed by atoms with van der Waals surface area (Å²) in [6.07, 6.45) is 0. The maximum atomic E-state index is 10.7. The highest BCUT2D eigenvalue weighted by Gasteiger charge is 2.01. The molecule has 0 atom stereocenters. The quantitative estimate of drug-likeness (QED) is 0.863. The van der Waals surface area contributed by atoms with Crippen LogP contribution in [0.3, 0.4) is 0 Å². The van der Waals surface area contributed by atoms with Crippen LogP contribution in [0.2, 0.25) is 0 Å². The van der Waals surface area contributed by atoms with Gasteiger partial charge in [0.2, 0.25) is 5.91 Å². The van der Waals surface area contributed by atoms with E-state index in [1.807, 2.05) is 6.07 Å². The average Bonchev–Trinajstić information content (AvgIpc) is 2.37. The number of nitrogens with zero attached hydrogens (tertiary/aromatic N) is 1. The maximum absolute atomic E-state index is 10.7. The van der Waals surface area contributed by atoms with Gasteiger partial charge in [-0.25, -0.2) is 0 Å². The zero-order valence-electron chi connectivity index (χ0n) is 12.3. The predicted molar refractivity (Wildman–Crippen MR) is 84.6 cm³/mol. The summed E-state index contributed by atoms with van der Waals surface area (Å²) in [5.41, 5.74) is 1.93. The van der Waals surface area contributed by atoms with Gasteiger partial charge in [0.25, 0.3) is 0 Å². The zero-order chi connectivity index (χ0) is 14.0. The predicted octanol–water partition coefficient (Wildman–Crippen LogP) is 2.87. The van der Waals surface area contributed by atoms with Crippen LogP contribution >= 0.6 is 12.4 Å².